The fourth-order valence-corrected chi connectivity index (χ4v) is 2.93. The van der Waals surface area contributed by atoms with Crippen LogP contribution in [0.2, 0.25) is 0 Å². The van der Waals surface area contributed by atoms with Crippen molar-refractivity contribution in [2.45, 2.75) is 25.1 Å². The number of sulfonamides is 1. The van der Waals surface area contributed by atoms with Crippen molar-refractivity contribution >= 4 is 10.0 Å². The van der Waals surface area contributed by atoms with E-state index >= 15 is 0 Å². The highest BCUT2D eigenvalue weighted by atomic mass is 32.2. The Morgan fingerprint density at radius 1 is 1.47 bits per heavy atom. The number of aromatic amines is 1. The lowest BCUT2D eigenvalue weighted by molar-refractivity contribution is 0.278. The van der Waals surface area contributed by atoms with E-state index in [-0.39, 0.29) is 23.7 Å². The molecule has 0 saturated heterocycles. The zero-order valence-electron chi connectivity index (χ0n) is 10.6. The van der Waals surface area contributed by atoms with E-state index in [0.29, 0.717) is 5.76 Å². The van der Waals surface area contributed by atoms with Gasteiger partial charge in [0.2, 0.25) is 0 Å². The number of aliphatic hydroxyl groups excluding tert-OH is 1. The summed E-state index contributed by atoms with van der Waals surface area (Å²) < 4.78 is 31.0. The first kappa shape index (κ1) is 13.8. The average molecular weight is 285 g/mol. The number of furan rings is 1. The van der Waals surface area contributed by atoms with Gasteiger partial charge in [-0.25, -0.2) is 8.42 Å². The molecule has 7 nitrogen and oxygen atoms in total. The summed E-state index contributed by atoms with van der Waals surface area (Å²) in [6, 6.07) is 1.72. The Bertz CT molecular complexity index is 659. The van der Waals surface area contributed by atoms with Crippen molar-refractivity contribution in [1.29, 1.82) is 0 Å². The largest absolute Gasteiger partial charge is 0.469 e. The first-order chi connectivity index (χ1) is 8.96. The van der Waals surface area contributed by atoms with Crippen LogP contribution in [-0.4, -0.2) is 35.1 Å². The van der Waals surface area contributed by atoms with Crippen LogP contribution >= 0.6 is 0 Å². The van der Waals surface area contributed by atoms with Crippen molar-refractivity contribution in [1.82, 2.24) is 14.5 Å². The smallest absolute Gasteiger partial charge is 0.260 e. The quantitative estimate of drug-likeness (QED) is 0.839. The third-order valence-corrected chi connectivity index (χ3v) is 4.70. The molecule has 19 heavy (non-hydrogen) atoms. The fraction of sp³-hybridized carbons (Fsp3) is 0.364. The molecule has 0 aliphatic heterocycles. The molecule has 0 bridgehead atoms. The number of nitrogens with one attached hydrogen (secondary N) is 1. The van der Waals surface area contributed by atoms with Gasteiger partial charge in [0.25, 0.3) is 10.0 Å². The maximum atomic E-state index is 12.3. The minimum Gasteiger partial charge on any atom is -0.469 e. The molecule has 0 spiro atoms. The Morgan fingerprint density at radius 2 is 2.21 bits per heavy atom. The number of nitrogens with zero attached hydrogens (tertiary/aromatic N) is 2. The zero-order chi connectivity index (χ0) is 14.0. The molecule has 0 amide bonds. The van der Waals surface area contributed by atoms with Crippen LogP contribution in [0.3, 0.4) is 0 Å². The summed E-state index contributed by atoms with van der Waals surface area (Å²) in [4.78, 5) is 0. The summed E-state index contributed by atoms with van der Waals surface area (Å²) in [5.74, 6) is 0.675. The van der Waals surface area contributed by atoms with Crippen LogP contribution < -0.4 is 0 Å². The summed E-state index contributed by atoms with van der Waals surface area (Å²) in [6.45, 7) is 1.57. The van der Waals surface area contributed by atoms with Gasteiger partial charge < -0.3 is 9.52 Å². The van der Waals surface area contributed by atoms with Crippen LogP contribution in [0.1, 0.15) is 16.9 Å². The molecular formula is C11H15N3O4S. The Hall–Kier alpha value is -1.64. The molecule has 2 aromatic heterocycles. The van der Waals surface area contributed by atoms with Gasteiger partial charge in [-0.3, -0.25) is 5.10 Å². The molecular weight excluding hydrogens is 270 g/mol. The molecule has 0 aliphatic rings. The van der Waals surface area contributed by atoms with Gasteiger partial charge in [-0.15, -0.1) is 0 Å². The van der Waals surface area contributed by atoms with Crippen LogP contribution in [0, 0.1) is 6.92 Å². The third kappa shape index (κ3) is 2.55. The Kier molecular flexibility index (Phi) is 3.74. The monoisotopic (exact) mass is 285 g/mol. The van der Waals surface area contributed by atoms with Crippen LogP contribution in [0.5, 0.6) is 0 Å². The second-order valence-electron chi connectivity index (χ2n) is 4.15. The first-order valence-corrected chi connectivity index (χ1v) is 7.03. The molecule has 2 aromatic rings. The lowest BCUT2D eigenvalue weighted by atomic mass is 10.3. The summed E-state index contributed by atoms with van der Waals surface area (Å²) in [7, 11) is -2.26. The minimum absolute atomic E-state index is 0.0846. The van der Waals surface area contributed by atoms with Crippen molar-refractivity contribution in [3.63, 3.8) is 0 Å². The van der Waals surface area contributed by atoms with E-state index in [9.17, 15) is 8.42 Å². The number of hydrogen-bond donors (Lipinski definition) is 2. The summed E-state index contributed by atoms with van der Waals surface area (Å²) in [5, 5.41) is 15.1. The van der Waals surface area contributed by atoms with Gasteiger partial charge in [-0.1, -0.05) is 0 Å². The molecule has 2 rings (SSSR count). The highest BCUT2D eigenvalue weighted by Crippen LogP contribution is 2.19. The standard InChI is InChI=1S/C11H15N3O4S/c1-8-9(3-4-18-8)6-14(2)19(16,17)11-10(7-15)5-12-13-11/h3-5,15H,6-7H2,1-2H3,(H,12,13). The lowest BCUT2D eigenvalue weighted by Crippen LogP contribution is -2.27. The van der Waals surface area contributed by atoms with Gasteiger partial charge in [-0.2, -0.15) is 9.40 Å². The number of aryl methyl sites for hydroxylation is 1. The second-order valence-corrected chi connectivity index (χ2v) is 6.13. The van der Waals surface area contributed by atoms with Crippen molar-refractivity contribution in [2.24, 2.45) is 0 Å². The van der Waals surface area contributed by atoms with E-state index in [2.05, 4.69) is 10.2 Å². The summed E-state index contributed by atoms with van der Waals surface area (Å²) in [6.07, 6.45) is 2.81. The highest BCUT2D eigenvalue weighted by Gasteiger charge is 2.26. The van der Waals surface area contributed by atoms with Crippen LogP contribution in [0.4, 0.5) is 0 Å². The molecule has 0 saturated carbocycles. The van der Waals surface area contributed by atoms with Crippen LogP contribution in [0.25, 0.3) is 0 Å². The fourth-order valence-electron chi connectivity index (χ4n) is 1.69. The number of aliphatic hydroxyl groups is 1. The molecule has 2 heterocycles. The van der Waals surface area contributed by atoms with E-state index in [0.717, 1.165) is 5.56 Å². The predicted octanol–water partition coefficient (Wildman–Crippen LogP) is 0.624. The van der Waals surface area contributed by atoms with Crippen molar-refractivity contribution in [3.05, 3.63) is 35.4 Å². The predicted molar refractivity (Wildman–Crippen MR) is 66.6 cm³/mol. The number of aromatic nitrogens is 2. The molecule has 104 valence electrons. The number of rotatable bonds is 5. The van der Waals surface area contributed by atoms with Gasteiger partial charge in [0.15, 0.2) is 5.03 Å². The normalized spacial score (nSPS) is 12.2. The number of hydrogen-bond acceptors (Lipinski definition) is 5. The summed E-state index contributed by atoms with van der Waals surface area (Å²) >= 11 is 0. The molecule has 0 aromatic carbocycles. The molecule has 0 fully saturated rings. The van der Waals surface area contributed by atoms with Gasteiger partial charge in [-0.05, 0) is 13.0 Å². The van der Waals surface area contributed by atoms with Crippen LogP contribution in [0.15, 0.2) is 28.0 Å². The van der Waals surface area contributed by atoms with Gasteiger partial charge in [0.1, 0.15) is 5.76 Å². The van der Waals surface area contributed by atoms with Gasteiger partial charge >= 0.3 is 0 Å². The van der Waals surface area contributed by atoms with Crippen molar-refractivity contribution in [3.8, 4) is 0 Å². The number of H-pyrrole nitrogens is 1. The van der Waals surface area contributed by atoms with E-state index < -0.39 is 10.0 Å². The topological polar surface area (TPSA) is 99.4 Å². The summed E-state index contributed by atoms with van der Waals surface area (Å²) in [5.41, 5.74) is 1.03. The highest BCUT2D eigenvalue weighted by molar-refractivity contribution is 7.89. The Balaban J connectivity index is 2.27. The van der Waals surface area contributed by atoms with E-state index in [1.807, 2.05) is 0 Å². The molecule has 0 atom stereocenters. The average Bonchev–Trinajstić information content (AvgIpc) is 2.98. The minimum atomic E-state index is -3.72. The van der Waals surface area contributed by atoms with Crippen LogP contribution in [-0.2, 0) is 23.2 Å². The van der Waals surface area contributed by atoms with Crippen molar-refractivity contribution in [2.75, 3.05) is 7.05 Å². The maximum absolute atomic E-state index is 12.3. The SMILES string of the molecule is Cc1occc1CN(C)S(=O)(=O)c1[nH]ncc1CO. The maximum Gasteiger partial charge on any atom is 0.260 e. The molecule has 2 N–H and O–H groups in total. The van der Waals surface area contributed by atoms with Crippen molar-refractivity contribution < 1.29 is 17.9 Å². The van der Waals surface area contributed by atoms with Gasteiger partial charge in [0.05, 0.1) is 19.1 Å². The molecule has 8 heteroatoms. The third-order valence-electron chi connectivity index (χ3n) is 2.88. The lowest BCUT2D eigenvalue weighted by Gasteiger charge is -2.16. The molecule has 0 unspecified atom stereocenters. The van der Waals surface area contributed by atoms with E-state index in [4.69, 9.17) is 9.52 Å². The molecule has 0 radical (unpaired) electrons. The van der Waals surface area contributed by atoms with E-state index in [1.165, 1.54) is 23.8 Å². The first-order valence-electron chi connectivity index (χ1n) is 5.59. The Morgan fingerprint density at radius 3 is 2.79 bits per heavy atom. The Labute approximate surface area is 110 Å². The molecule has 0 aliphatic carbocycles. The van der Waals surface area contributed by atoms with E-state index in [1.54, 1.807) is 13.0 Å². The zero-order valence-corrected chi connectivity index (χ0v) is 11.4. The second kappa shape index (κ2) is 5.16. The van der Waals surface area contributed by atoms with Gasteiger partial charge in [0, 0.05) is 24.7 Å².